The summed E-state index contributed by atoms with van der Waals surface area (Å²) in [6, 6.07) is 117. The van der Waals surface area contributed by atoms with E-state index in [-0.39, 0.29) is 60.4 Å². The Kier molecular flexibility index (Phi) is 14.9. The number of para-hydroxylation sites is 4. The Labute approximate surface area is 604 Å². The van der Waals surface area contributed by atoms with Gasteiger partial charge in [-0.3, -0.25) is 4.57 Å². The van der Waals surface area contributed by atoms with Gasteiger partial charge in [0, 0.05) is 22.7 Å². The normalized spacial score (nSPS) is 12.0. The van der Waals surface area contributed by atoms with Gasteiger partial charge in [0.25, 0.3) is 0 Å². The summed E-state index contributed by atoms with van der Waals surface area (Å²) >= 11 is 0. The second-order valence-electron chi connectivity index (χ2n) is 25.3. The van der Waals surface area contributed by atoms with Gasteiger partial charge >= 0.3 is 18.9 Å². The van der Waals surface area contributed by atoms with Crippen molar-refractivity contribution in [3.05, 3.63) is 376 Å². The number of aromatic nitrogens is 3. The third-order valence-corrected chi connectivity index (χ3v) is 19.5. The molecular weight excluding hydrogens is 1220 g/mol. The largest absolute Gasteiger partial charge is 1.00 e. The first-order valence-corrected chi connectivity index (χ1v) is 33.7. The van der Waals surface area contributed by atoms with Gasteiger partial charge in [-0.2, -0.15) is 0 Å². The summed E-state index contributed by atoms with van der Waals surface area (Å²) in [6.07, 6.45) is 1.75. The van der Waals surface area contributed by atoms with E-state index in [1.54, 1.807) is 18.3 Å². The number of hydrogen-bond donors (Lipinski definition) is 0. The van der Waals surface area contributed by atoms with Crippen LogP contribution in [0.4, 0.5) is 0 Å². The molecule has 0 amide bonds. The van der Waals surface area contributed by atoms with Crippen molar-refractivity contribution in [1.29, 1.82) is 0 Å². The first-order chi connectivity index (χ1) is 51.6. The van der Waals surface area contributed by atoms with E-state index < -0.39 is 0 Å². The third-order valence-electron chi connectivity index (χ3n) is 19.5. The fraction of sp³-hybridized carbons (Fsp3) is 0. The molecule has 4 nitrogen and oxygen atoms in total. The number of nitrogens with one attached hydrogen (secondary N) is 1. The minimum atomic E-state index is -0.387. The number of fused-ring (bicyclic) bond motifs is 11. The molecule has 5 heteroatoms. The Morgan fingerprint density at radius 2 is 0.752 bits per heavy atom. The SMILES string of the molecule is [2H]c1c([2H])c([2H])c(-c2c3ccccc3c(-c3cc4ccccc4c4ccccc34)c3ccccc23)c([2H])c1[2H].[Li+].[O-]c1cccc2ccc[nH+]c12.c1ccc(-n2c(-c3ccc(-c4ccc5c(-c6ccc7ccccc7c6)c6ccccc6c(-c6ccc7ccccc7c6)c5c4)cc3)nc3ccccc32)cc1. The molecule has 468 valence electrons. The number of benzene rings is 18. The van der Waals surface area contributed by atoms with Crippen molar-refractivity contribution in [2.75, 3.05) is 0 Å². The molecule has 0 fully saturated rings. The average Bonchev–Trinajstić information content (AvgIpc) is 0.901. The number of rotatable bonds is 7. The summed E-state index contributed by atoms with van der Waals surface area (Å²) in [4.78, 5) is 8.03. The van der Waals surface area contributed by atoms with Crippen LogP contribution < -0.4 is 29.0 Å². The predicted molar refractivity (Wildman–Crippen MR) is 420 cm³/mol. The van der Waals surface area contributed by atoms with Crippen molar-refractivity contribution in [3.8, 4) is 78.5 Å². The molecule has 0 bridgehead atoms. The van der Waals surface area contributed by atoms with Gasteiger partial charge in [0.1, 0.15) is 5.82 Å². The molecule has 0 aliphatic carbocycles. The van der Waals surface area contributed by atoms with Gasteiger partial charge in [0.05, 0.1) is 17.9 Å². The summed E-state index contributed by atoms with van der Waals surface area (Å²) in [6.45, 7) is 0. The van der Waals surface area contributed by atoms with E-state index in [0.717, 1.165) is 82.5 Å². The fourth-order valence-electron chi connectivity index (χ4n) is 15.0. The van der Waals surface area contributed by atoms with Gasteiger partial charge in [-0.05, 0) is 208 Å². The van der Waals surface area contributed by atoms with Gasteiger partial charge in [0.15, 0.2) is 6.20 Å². The molecule has 0 aliphatic heterocycles. The van der Waals surface area contributed by atoms with E-state index in [4.69, 9.17) is 11.8 Å². The van der Waals surface area contributed by atoms with Crippen molar-refractivity contribution >= 4 is 108 Å². The maximum Gasteiger partial charge on any atom is 1.00 e. The number of H-pyrrole nitrogens is 1. The van der Waals surface area contributed by atoms with Crippen LogP contribution in [0.1, 0.15) is 6.85 Å². The van der Waals surface area contributed by atoms with Gasteiger partial charge in [0.2, 0.25) is 5.52 Å². The van der Waals surface area contributed by atoms with Gasteiger partial charge < -0.3 is 5.11 Å². The summed E-state index contributed by atoms with van der Waals surface area (Å²) in [7, 11) is 0. The van der Waals surface area contributed by atoms with E-state index in [2.05, 4.69) is 283 Å². The van der Waals surface area contributed by atoms with E-state index in [1.807, 2.05) is 54.6 Å². The monoisotopic (exact) mass is 1290 g/mol. The molecule has 0 radical (unpaired) electrons. The molecule has 18 aromatic carbocycles. The Bertz CT molecular complexity index is 6790. The third kappa shape index (κ3) is 11.3. The number of nitrogens with zero attached hydrogens (tertiary/aromatic N) is 2. The first-order valence-electron chi connectivity index (χ1n) is 36.2. The Morgan fingerprint density at radius 3 is 1.38 bits per heavy atom. The minimum absolute atomic E-state index is 0. The molecule has 0 spiro atoms. The second kappa shape index (κ2) is 26.6. The van der Waals surface area contributed by atoms with Crippen LogP contribution in [0.3, 0.4) is 0 Å². The number of imidazole rings is 1. The Balaban J connectivity index is 0.000000140. The van der Waals surface area contributed by atoms with Crippen LogP contribution in [0.2, 0.25) is 0 Å². The molecular formula is C96H63LiN3O+. The van der Waals surface area contributed by atoms with Crippen LogP contribution in [-0.2, 0) is 0 Å². The molecule has 0 saturated carbocycles. The second-order valence-corrected chi connectivity index (χ2v) is 25.3. The number of hydrogen-bond acceptors (Lipinski definition) is 2. The molecule has 20 rings (SSSR count). The summed E-state index contributed by atoms with van der Waals surface area (Å²) in [5.41, 5.74) is 15.3. The predicted octanol–water partition coefficient (Wildman–Crippen LogP) is 21.7. The van der Waals surface area contributed by atoms with E-state index in [9.17, 15) is 5.11 Å². The van der Waals surface area contributed by atoms with Gasteiger partial charge in [-0.15, -0.1) is 0 Å². The van der Waals surface area contributed by atoms with E-state index in [1.165, 1.54) is 81.7 Å². The maximum absolute atomic E-state index is 11.1. The van der Waals surface area contributed by atoms with Crippen molar-refractivity contribution < 1.29 is 35.8 Å². The zero-order chi connectivity index (χ0) is 70.8. The fourth-order valence-corrected chi connectivity index (χ4v) is 15.0. The molecule has 2 heterocycles. The molecule has 0 atom stereocenters. The van der Waals surface area contributed by atoms with Crippen molar-refractivity contribution in [3.63, 3.8) is 0 Å². The molecule has 101 heavy (non-hydrogen) atoms. The maximum atomic E-state index is 11.1. The molecule has 0 unspecified atom stereocenters. The number of aromatic amines is 1. The van der Waals surface area contributed by atoms with Crippen LogP contribution in [0.15, 0.2) is 376 Å². The van der Waals surface area contributed by atoms with Crippen molar-refractivity contribution in [1.82, 2.24) is 9.55 Å². The zero-order valence-electron chi connectivity index (χ0n) is 60.2. The summed E-state index contributed by atoms with van der Waals surface area (Å²) < 4.78 is 44.6. The van der Waals surface area contributed by atoms with E-state index in [0.29, 0.717) is 11.1 Å². The molecule has 0 aliphatic rings. The van der Waals surface area contributed by atoms with Crippen LogP contribution >= 0.6 is 0 Å². The Hall–Kier alpha value is -12.7. The quantitative estimate of drug-likeness (QED) is 0.0907. The van der Waals surface area contributed by atoms with Crippen LogP contribution in [0.25, 0.3) is 181 Å². The van der Waals surface area contributed by atoms with Crippen LogP contribution in [-0.4, -0.2) is 9.55 Å². The molecule has 1 N–H and O–H groups in total. The summed E-state index contributed by atoms with van der Waals surface area (Å²) in [5.74, 6) is 0.977. The van der Waals surface area contributed by atoms with E-state index >= 15 is 0 Å². The van der Waals surface area contributed by atoms with Gasteiger partial charge in [-0.25, -0.2) is 9.97 Å². The van der Waals surface area contributed by atoms with Crippen molar-refractivity contribution in [2.24, 2.45) is 0 Å². The zero-order valence-corrected chi connectivity index (χ0v) is 55.2. The first kappa shape index (κ1) is 56.3. The molecule has 0 saturated heterocycles. The summed E-state index contributed by atoms with van der Waals surface area (Å²) in [5, 5.41) is 30.4. The number of pyridine rings is 1. The topological polar surface area (TPSA) is 55.0 Å². The van der Waals surface area contributed by atoms with Crippen LogP contribution in [0, 0.1) is 0 Å². The van der Waals surface area contributed by atoms with Gasteiger partial charge in [-0.1, -0.05) is 303 Å². The standard InChI is InChI=1S/C53H34N2.C34H22.C9H7NO.Li/c1-2-16-44(17-3-1)55-50-21-11-10-20-49(50)54-53(55)38-26-22-37(23-27-38)41-30-31-47-48(34-41)52(43-29-25-36-13-5-7-15-40(36)33-43)46-19-9-8-18-45(46)51(47)42-28-24-35-12-4-6-14-39(35)32-42;1-2-12-23(13-3-1)33-28-18-8-10-20-30(28)34(31-21-11-9-19-29(31)33)32-22-24-14-4-5-15-25(24)26-16-6-7-17-27(26)32;11-8-5-1-3-7-4-2-6-10-9(7)8;/h1-34H;1-22H;1-6,11H;/q;;;+1/i;1D,2D,3D,12D,13D;;. The smallest absolute Gasteiger partial charge is 0.868 e. The average molecular weight is 1290 g/mol. The minimum Gasteiger partial charge on any atom is -0.868 e. The van der Waals surface area contributed by atoms with Crippen LogP contribution in [0.5, 0.6) is 5.75 Å². The van der Waals surface area contributed by atoms with Crippen molar-refractivity contribution in [2.45, 2.75) is 0 Å². The molecule has 2 aromatic heterocycles. The molecule has 20 aromatic rings. The Morgan fingerprint density at radius 1 is 0.297 bits per heavy atom.